The van der Waals surface area contributed by atoms with Crippen molar-refractivity contribution in [3.05, 3.63) is 42.2 Å². The Balaban J connectivity index is 1.61. The number of fused-ring (bicyclic) bond motifs is 1. The second-order valence-corrected chi connectivity index (χ2v) is 11.8. The molecule has 1 aromatic heterocycles. The predicted molar refractivity (Wildman–Crippen MR) is 132 cm³/mol. The zero-order valence-corrected chi connectivity index (χ0v) is 22.5. The van der Waals surface area contributed by atoms with E-state index in [9.17, 15) is 37.2 Å². The van der Waals surface area contributed by atoms with Crippen molar-refractivity contribution in [2.24, 2.45) is 22.7 Å². The van der Waals surface area contributed by atoms with E-state index in [1.54, 1.807) is 5.32 Å². The lowest BCUT2D eigenvalue weighted by Crippen LogP contribution is -2.60. The summed E-state index contributed by atoms with van der Waals surface area (Å²) in [5.74, 6) is -4.63. The molecule has 40 heavy (non-hydrogen) atoms. The average molecular weight is 564 g/mol. The maximum Gasteiger partial charge on any atom is 0.471 e. The number of hydrogen-bond donors (Lipinski definition) is 2. The van der Waals surface area contributed by atoms with E-state index in [1.165, 1.54) is 60.8 Å². The Hall–Kier alpha value is -4.02. The van der Waals surface area contributed by atoms with Gasteiger partial charge in [0.15, 0.2) is 11.9 Å². The molecule has 1 aliphatic carbocycles. The monoisotopic (exact) mass is 563 g/mol. The molecule has 2 N–H and O–H groups in total. The first kappa shape index (κ1) is 29.0. The molecule has 10 nitrogen and oxygen atoms in total. The van der Waals surface area contributed by atoms with Crippen molar-refractivity contribution in [2.45, 2.75) is 58.9 Å². The summed E-state index contributed by atoms with van der Waals surface area (Å²) >= 11 is 0. The van der Waals surface area contributed by atoms with E-state index in [0.717, 1.165) is 0 Å². The van der Waals surface area contributed by atoms with E-state index in [4.69, 9.17) is 0 Å². The fourth-order valence-electron chi connectivity index (χ4n) is 5.46. The van der Waals surface area contributed by atoms with Crippen LogP contribution in [-0.4, -0.2) is 62.2 Å². The van der Waals surface area contributed by atoms with Gasteiger partial charge in [-0.1, -0.05) is 34.6 Å². The summed E-state index contributed by atoms with van der Waals surface area (Å²) in [4.78, 5) is 40.3. The molecule has 0 spiro atoms. The minimum Gasteiger partial charge on any atom is -0.336 e. The van der Waals surface area contributed by atoms with Crippen molar-refractivity contribution in [2.75, 3.05) is 6.54 Å². The Morgan fingerprint density at radius 3 is 2.30 bits per heavy atom. The van der Waals surface area contributed by atoms with Crippen LogP contribution >= 0.6 is 0 Å². The Morgan fingerprint density at radius 1 is 1.12 bits per heavy atom. The molecule has 2 heterocycles. The normalized spacial score (nSPS) is 23.0. The maximum atomic E-state index is 13.7. The number of benzene rings is 1. The topological polar surface area (TPSA) is 133 Å². The first-order valence-electron chi connectivity index (χ1n) is 12.5. The molecule has 4 rings (SSSR count). The Bertz CT molecular complexity index is 1360. The molecule has 2 aromatic rings. The van der Waals surface area contributed by atoms with Crippen LogP contribution in [0.5, 0.6) is 0 Å². The van der Waals surface area contributed by atoms with Gasteiger partial charge >= 0.3 is 12.1 Å². The number of amides is 3. The molecule has 14 heteroatoms. The van der Waals surface area contributed by atoms with Crippen LogP contribution in [0, 0.1) is 39.8 Å². The highest BCUT2D eigenvalue weighted by atomic mass is 19.4. The Kier molecular flexibility index (Phi) is 7.15. The van der Waals surface area contributed by atoms with Gasteiger partial charge in [-0.25, -0.2) is 4.39 Å². The fourth-order valence-corrected chi connectivity index (χ4v) is 5.46. The van der Waals surface area contributed by atoms with Gasteiger partial charge in [-0.05, 0) is 46.9 Å². The highest BCUT2D eigenvalue weighted by Crippen LogP contribution is 2.65. The van der Waals surface area contributed by atoms with Gasteiger partial charge in [0.1, 0.15) is 24.2 Å². The first-order valence-corrected chi connectivity index (χ1v) is 12.5. The number of piperidine rings is 1. The largest absolute Gasteiger partial charge is 0.471 e. The van der Waals surface area contributed by atoms with Gasteiger partial charge < -0.3 is 15.5 Å². The fraction of sp³-hybridized carbons (Fsp3) is 0.538. The molecule has 5 atom stereocenters. The van der Waals surface area contributed by atoms with Crippen LogP contribution in [0.2, 0.25) is 0 Å². The number of nitrogens with one attached hydrogen (secondary N) is 2. The van der Waals surface area contributed by atoms with Crippen LogP contribution in [0.4, 0.5) is 17.6 Å². The summed E-state index contributed by atoms with van der Waals surface area (Å²) in [6.07, 6.45) is -3.90. The molecule has 1 aromatic carbocycles. The zero-order valence-electron chi connectivity index (χ0n) is 22.5. The summed E-state index contributed by atoms with van der Waals surface area (Å²) in [6.45, 7) is 8.47. The molecule has 2 fully saturated rings. The van der Waals surface area contributed by atoms with Crippen LogP contribution in [0.1, 0.15) is 46.5 Å². The van der Waals surface area contributed by atoms with Crippen molar-refractivity contribution in [1.29, 1.82) is 5.26 Å². The van der Waals surface area contributed by atoms with Crippen LogP contribution in [0.25, 0.3) is 5.69 Å². The molecule has 1 saturated carbocycles. The van der Waals surface area contributed by atoms with Crippen LogP contribution in [0.3, 0.4) is 0 Å². The number of nitrogens with zero attached hydrogens (tertiary/aromatic N) is 5. The minimum atomic E-state index is -5.20. The molecule has 2 aliphatic rings. The molecule has 0 bridgehead atoms. The Morgan fingerprint density at radius 2 is 1.75 bits per heavy atom. The molecule has 1 saturated heterocycles. The van der Waals surface area contributed by atoms with Gasteiger partial charge in [0, 0.05) is 12.2 Å². The third kappa shape index (κ3) is 5.24. The number of aromatic nitrogens is 3. The van der Waals surface area contributed by atoms with Crippen LogP contribution < -0.4 is 10.6 Å². The van der Waals surface area contributed by atoms with Crippen molar-refractivity contribution in [3.63, 3.8) is 0 Å². The summed E-state index contributed by atoms with van der Waals surface area (Å²) in [6, 6.07) is 3.26. The van der Waals surface area contributed by atoms with Crippen molar-refractivity contribution in [3.8, 4) is 11.8 Å². The van der Waals surface area contributed by atoms with E-state index in [-0.39, 0.29) is 29.6 Å². The van der Waals surface area contributed by atoms with Crippen LogP contribution in [0.15, 0.2) is 30.6 Å². The standard InChI is InChI=1S/C26H29F4N7O3/c1-24(2,3)19(34-23(40)26(28,29)30)22(39)36-11-15-17(25(15,4)5)18(36)21(38)33-16(10-31)20-35-32-12-37(20)14-8-6-13(27)7-9-14/h6-9,12,15-19H,11H2,1-5H3,(H,33,38)(H,34,40)/t15-,16?,17-,18-,19+/m0/s1. The predicted octanol–water partition coefficient (Wildman–Crippen LogP) is 2.66. The van der Waals surface area contributed by atoms with Crippen molar-refractivity contribution in [1.82, 2.24) is 30.3 Å². The first-order chi connectivity index (χ1) is 18.5. The van der Waals surface area contributed by atoms with Gasteiger partial charge in [-0.3, -0.25) is 19.0 Å². The van der Waals surface area contributed by atoms with E-state index in [1.807, 2.05) is 19.9 Å². The van der Waals surface area contributed by atoms with Gasteiger partial charge in [-0.15, -0.1) is 10.2 Å². The summed E-state index contributed by atoms with van der Waals surface area (Å²) in [5, 5.41) is 22.0. The number of carbonyl (C=O) groups excluding carboxylic acids is 3. The molecule has 0 radical (unpaired) electrons. The van der Waals surface area contributed by atoms with Gasteiger partial charge in [0.2, 0.25) is 11.8 Å². The van der Waals surface area contributed by atoms with E-state index >= 15 is 0 Å². The van der Waals surface area contributed by atoms with Crippen molar-refractivity contribution < 1.29 is 31.9 Å². The zero-order chi connectivity index (χ0) is 29.8. The summed E-state index contributed by atoms with van der Waals surface area (Å²) in [7, 11) is 0. The number of rotatable bonds is 6. The van der Waals surface area contributed by atoms with E-state index < -0.39 is 53.3 Å². The lowest BCUT2D eigenvalue weighted by molar-refractivity contribution is -0.176. The third-order valence-electron chi connectivity index (χ3n) is 7.76. The van der Waals surface area contributed by atoms with E-state index in [2.05, 4.69) is 15.5 Å². The van der Waals surface area contributed by atoms with Gasteiger partial charge in [0.25, 0.3) is 0 Å². The Labute approximate surface area is 227 Å². The molecule has 1 aliphatic heterocycles. The lowest BCUT2D eigenvalue weighted by atomic mass is 9.85. The molecular weight excluding hydrogens is 534 g/mol. The summed E-state index contributed by atoms with van der Waals surface area (Å²) in [5.41, 5.74) is -1.01. The maximum absolute atomic E-state index is 13.7. The van der Waals surface area contributed by atoms with Crippen molar-refractivity contribution >= 4 is 17.7 Å². The lowest BCUT2D eigenvalue weighted by Gasteiger charge is -2.37. The quantitative estimate of drug-likeness (QED) is 0.520. The molecule has 3 amide bonds. The number of nitriles is 1. The minimum absolute atomic E-state index is 0.0370. The second kappa shape index (κ2) is 9.87. The average Bonchev–Trinajstić information content (AvgIpc) is 3.27. The van der Waals surface area contributed by atoms with E-state index in [0.29, 0.717) is 5.69 Å². The second-order valence-electron chi connectivity index (χ2n) is 11.8. The smallest absolute Gasteiger partial charge is 0.336 e. The summed E-state index contributed by atoms with van der Waals surface area (Å²) < 4.78 is 53.9. The van der Waals surface area contributed by atoms with Gasteiger partial charge in [-0.2, -0.15) is 18.4 Å². The molecule has 214 valence electrons. The number of halogens is 4. The molecule has 1 unspecified atom stereocenters. The molecular formula is C26H29F4N7O3. The highest BCUT2D eigenvalue weighted by Gasteiger charge is 2.70. The number of alkyl halides is 3. The van der Waals surface area contributed by atoms with Gasteiger partial charge in [0.05, 0.1) is 6.07 Å². The number of carbonyl (C=O) groups is 3. The van der Waals surface area contributed by atoms with Crippen LogP contribution in [-0.2, 0) is 14.4 Å². The third-order valence-corrected chi connectivity index (χ3v) is 7.76. The number of hydrogen-bond acceptors (Lipinski definition) is 6. The number of likely N-dealkylation sites (tertiary alicyclic amines) is 1. The highest BCUT2D eigenvalue weighted by molar-refractivity contribution is 5.95. The SMILES string of the molecule is CC(C)(C)[C@H](NC(=O)C(F)(F)F)C(=O)N1C[C@H]2[C@@H]([C@H]1C(=O)NC(C#N)c1nncn1-c1ccc(F)cc1)C2(C)C.